The molecular weight excluding hydrogens is 422 g/mol. The van der Waals surface area contributed by atoms with Crippen LogP contribution in [0.5, 0.6) is 0 Å². The predicted molar refractivity (Wildman–Crippen MR) is 127 cm³/mol. The van der Waals surface area contributed by atoms with Crippen molar-refractivity contribution in [1.29, 1.82) is 0 Å². The van der Waals surface area contributed by atoms with E-state index in [0.717, 1.165) is 38.5 Å². The van der Waals surface area contributed by atoms with E-state index in [1.54, 1.807) is 17.0 Å². The fourth-order valence-corrected chi connectivity index (χ4v) is 4.56. The van der Waals surface area contributed by atoms with Gasteiger partial charge in [-0.15, -0.1) is 0 Å². The molecule has 2 aliphatic rings. The quantitative estimate of drug-likeness (QED) is 0.522. The zero-order chi connectivity index (χ0) is 23.5. The Hall–Kier alpha value is -2.19. The number of rotatable bonds is 10. The minimum atomic E-state index is -0.524. The third-order valence-electron chi connectivity index (χ3n) is 6.40. The maximum atomic E-state index is 13.2. The molecule has 1 atom stereocenters. The van der Waals surface area contributed by atoms with Gasteiger partial charge < -0.3 is 24.7 Å². The number of nitrogens with zero attached hydrogens (tertiary/aromatic N) is 1. The van der Waals surface area contributed by atoms with Crippen molar-refractivity contribution in [1.82, 2.24) is 15.2 Å². The summed E-state index contributed by atoms with van der Waals surface area (Å²) in [4.78, 5) is 39.1. The highest BCUT2D eigenvalue weighted by Gasteiger charge is 2.23. The Morgan fingerprint density at radius 2 is 1.73 bits per heavy atom. The maximum absolute atomic E-state index is 13.2. The van der Waals surface area contributed by atoms with E-state index in [9.17, 15) is 14.4 Å². The van der Waals surface area contributed by atoms with Crippen molar-refractivity contribution in [2.24, 2.45) is 0 Å². The molecule has 0 bridgehead atoms. The van der Waals surface area contributed by atoms with Crippen LogP contribution in [0.15, 0.2) is 17.2 Å². The summed E-state index contributed by atoms with van der Waals surface area (Å²) in [6.45, 7) is 4.72. The molecule has 0 unspecified atom stereocenters. The molecule has 8 nitrogen and oxygen atoms in total. The third-order valence-corrected chi connectivity index (χ3v) is 6.40. The molecule has 1 aromatic rings. The monoisotopic (exact) mass is 461 g/mol. The highest BCUT2D eigenvalue weighted by atomic mass is 16.5. The summed E-state index contributed by atoms with van der Waals surface area (Å²) in [5.41, 5.74) is -0.504. The Balaban J connectivity index is 1.76. The molecule has 184 valence electrons. The van der Waals surface area contributed by atoms with Crippen LogP contribution in [0.3, 0.4) is 0 Å². The molecular formula is C25H39N3O5. The van der Waals surface area contributed by atoms with Crippen LogP contribution in [0.1, 0.15) is 91.8 Å². The molecule has 8 heteroatoms. The molecule has 2 heterocycles. The van der Waals surface area contributed by atoms with Crippen LogP contribution < -0.4 is 16.1 Å². The molecule has 0 aromatic carbocycles. The molecule has 1 saturated heterocycles. The smallest absolute Gasteiger partial charge is 0.256 e. The van der Waals surface area contributed by atoms with E-state index in [1.165, 1.54) is 19.3 Å². The number of hydrogen-bond donors (Lipinski definition) is 2. The van der Waals surface area contributed by atoms with E-state index in [1.807, 2.05) is 6.92 Å². The summed E-state index contributed by atoms with van der Waals surface area (Å²) >= 11 is 0. The van der Waals surface area contributed by atoms with Gasteiger partial charge >= 0.3 is 0 Å². The van der Waals surface area contributed by atoms with Crippen molar-refractivity contribution < 1.29 is 19.1 Å². The third kappa shape index (κ3) is 7.96. The largest absolute Gasteiger partial charge is 0.382 e. The second-order valence-electron chi connectivity index (χ2n) is 9.07. The van der Waals surface area contributed by atoms with E-state index >= 15 is 0 Å². The summed E-state index contributed by atoms with van der Waals surface area (Å²) in [6.07, 6.45) is 13.4. The zero-order valence-corrected chi connectivity index (χ0v) is 19.9. The van der Waals surface area contributed by atoms with E-state index in [-0.39, 0.29) is 23.3 Å². The molecule has 2 amide bonds. The maximum Gasteiger partial charge on any atom is 0.256 e. The molecule has 33 heavy (non-hydrogen) atoms. The SMILES string of the molecule is CCOCCCNC(=O)c1cn(C[C@@H]2CCCO2)cc(C(=O)NC2CCCCCCC2)c1=O. The molecule has 0 spiro atoms. The molecule has 3 rings (SSSR count). The molecule has 1 saturated carbocycles. The van der Waals surface area contributed by atoms with Crippen LogP contribution in [0.25, 0.3) is 0 Å². The predicted octanol–water partition coefficient (Wildman–Crippen LogP) is 3.03. The number of carbonyl (C=O) groups excluding carboxylic acids is 2. The normalized spacial score (nSPS) is 19.6. The van der Waals surface area contributed by atoms with Gasteiger partial charge in [-0.05, 0) is 39.0 Å². The standard InChI is InChI=1S/C25H39N3O5/c1-2-32-14-9-13-26-24(30)21-17-28(16-20-12-8-15-33-20)18-22(23(21)29)25(31)27-19-10-6-4-3-5-7-11-19/h17-20H,2-16H2,1H3,(H,26,30)(H,27,31)/t20-/m0/s1. The minimum Gasteiger partial charge on any atom is -0.382 e. The molecule has 0 radical (unpaired) electrons. The van der Waals surface area contributed by atoms with Gasteiger partial charge in [-0.3, -0.25) is 14.4 Å². The molecule has 1 aliphatic heterocycles. The minimum absolute atomic E-state index is 0.00489. The number of hydrogen-bond acceptors (Lipinski definition) is 5. The first-order valence-corrected chi connectivity index (χ1v) is 12.6. The lowest BCUT2D eigenvalue weighted by molar-refractivity contribution is 0.0913. The first-order valence-electron chi connectivity index (χ1n) is 12.6. The number of pyridine rings is 1. The summed E-state index contributed by atoms with van der Waals surface area (Å²) < 4.78 is 12.8. The highest BCUT2D eigenvalue weighted by molar-refractivity contribution is 5.99. The summed E-state index contributed by atoms with van der Waals surface area (Å²) in [5.74, 6) is -0.851. The van der Waals surface area contributed by atoms with E-state index in [4.69, 9.17) is 9.47 Å². The van der Waals surface area contributed by atoms with Crippen molar-refractivity contribution in [3.8, 4) is 0 Å². The van der Waals surface area contributed by atoms with Crippen LogP contribution in [-0.2, 0) is 16.0 Å². The van der Waals surface area contributed by atoms with Crippen molar-refractivity contribution in [3.05, 3.63) is 33.7 Å². The van der Waals surface area contributed by atoms with Gasteiger partial charge in [-0.1, -0.05) is 32.1 Å². The van der Waals surface area contributed by atoms with Crippen molar-refractivity contribution >= 4 is 11.8 Å². The number of carbonyl (C=O) groups is 2. The molecule has 1 aromatic heterocycles. The van der Waals surface area contributed by atoms with Crippen LogP contribution in [0.2, 0.25) is 0 Å². The second-order valence-corrected chi connectivity index (χ2v) is 9.07. The van der Waals surface area contributed by atoms with Crippen molar-refractivity contribution in [3.63, 3.8) is 0 Å². The van der Waals surface area contributed by atoms with Crippen LogP contribution in [0, 0.1) is 0 Å². The van der Waals surface area contributed by atoms with E-state index in [0.29, 0.717) is 39.3 Å². The second kappa shape index (κ2) is 13.5. The Kier molecular flexibility index (Phi) is 10.4. The number of aromatic nitrogens is 1. The first-order chi connectivity index (χ1) is 16.1. The van der Waals surface area contributed by atoms with Gasteiger partial charge in [-0.2, -0.15) is 0 Å². The lowest BCUT2D eigenvalue weighted by Crippen LogP contribution is -2.40. The fraction of sp³-hybridized carbons (Fsp3) is 0.720. The first kappa shape index (κ1) is 25.4. The van der Waals surface area contributed by atoms with E-state index < -0.39 is 17.2 Å². The highest BCUT2D eigenvalue weighted by Crippen LogP contribution is 2.18. The molecule has 1 aliphatic carbocycles. The zero-order valence-electron chi connectivity index (χ0n) is 19.9. The van der Waals surface area contributed by atoms with Crippen molar-refractivity contribution in [2.75, 3.05) is 26.4 Å². The lowest BCUT2D eigenvalue weighted by atomic mass is 9.96. The van der Waals surface area contributed by atoms with E-state index in [2.05, 4.69) is 10.6 Å². The molecule has 2 N–H and O–H groups in total. The van der Waals surface area contributed by atoms with Crippen molar-refractivity contribution in [2.45, 2.75) is 89.8 Å². The molecule has 2 fully saturated rings. The van der Waals surface area contributed by atoms with Gasteiger partial charge in [0, 0.05) is 51.3 Å². The fourth-order valence-electron chi connectivity index (χ4n) is 4.56. The van der Waals surface area contributed by atoms with Gasteiger partial charge in [0.15, 0.2) is 0 Å². The summed E-state index contributed by atoms with van der Waals surface area (Å²) in [6, 6.07) is 0.0693. The summed E-state index contributed by atoms with van der Waals surface area (Å²) in [5, 5.41) is 5.85. The van der Waals surface area contributed by atoms with Gasteiger partial charge in [0.05, 0.1) is 6.10 Å². The summed E-state index contributed by atoms with van der Waals surface area (Å²) in [7, 11) is 0. The number of amides is 2. The average molecular weight is 462 g/mol. The topological polar surface area (TPSA) is 98.7 Å². The van der Waals surface area contributed by atoms with Gasteiger partial charge in [0.2, 0.25) is 5.43 Å². The Morgan fingerprint density at radius 3 is 2.39 bits per heavy atom. The van der Waals surface area contributed by atoms with Crippen LogP contribution in [-0.4, -0.2) is 54.9 Å². The Bertz CT molecular complexity index is 824. The number of ether oxygens (including phenoxy) is 2. The van der Waals surface area contributed by atoms with Gasteiger partial charge in [-0.25, -0.2) is 0 Å². The van der Waals surface area contributed by atoms with Crippen LogP contribution >= 0.6 is 0 Å². The lowest BCUT2D eigenvalue weighted by Gasteiger charge is -2.21. The van der Waals surface area contributed by atoms with Crippen LogP contribution in [0.4, 0.5) is 0 Å². The Morgan fingerprint density at radius 1 is 1.03 bits per heavy atom. The van der Waals surface area contributed by atoms with Gasteiger partial charge in [0.25, 0.3) is 11.8 Å². The number of nitrogens with one attached hydrogen (secondary N) is 2. The Labute approximate surface area is 196 Å². The average Bonchev–Trinajstić information content (AvgIpc) is 3.29. The van der Waals surface area contributed by atoms with Gasteiger partial charge in [0.1, 0.15) is 11.1 Å².